The van der Waals surface area contributed by atoms with Crippen molar-refractivity contribution in [2.24, 2.45) is 0 Å². The molecule has 8 aromatic rings. The number of fused-ring (bicyclic) bond motifs is 7. The molecule has 168 valence electrons. The molecule has 4 nitrogen and oxygen atoms in total. The standard InChI is InChI=1S/C32H20N4/c1-2-12-22-21(10-1)11-9-19-30(22)36-33-27-20-31(25-15-3-4-16-26(25)32(27)34-36)35-28-17-7-5-13-23(28)24-14-6-8-18-29(24)35/h1-20H. The Bertz CT molecular complexity index is 2050. The van der Waals surface area contributed by atoms with E-state index in [2.05, 4.69) is 126 Å². The molecule has 0 spiro atoms. The highest BCUT2D eigenvalue weighted by Gasteiger charge is 2.18. The maximum atomic E-state index is 5.01. The lowest BCUT2D eigenvalue weighted by atomic mass is 10.1. The van der Waals surface area contributed by atoms with Crippen molar-refractivity contribution in [2.45, 2.75) is 0 Å². The van der Waals surface area contributed by atoms with Gasteiger partial charge in [-0.05, 0) is 29.7 Å². The molecule has 0 aliphatic carbocycles. The molecule has 0 saturated heterocycles. The van der Waals surface area contributed by atoms with Crippen LogP contribution in [0, 0.1) is 0 Å². The topological polar surface area (TPSA) is 35.6 Å². The minimum Gasteiger partial charge on any atom is -0.309 e. The number of hydrogen-bond donors (Lipinski definition) is 0. The van der Waals surface area contributed by atoms with Crippen LogP contribution < -0.4 is 0 Å². The predicted octanol–water partition coefficient (Wildman–Crippen LogP) is 7.82. The Balaban J connectivity index is 1.48. The van der Waals surface area contributed by atoms with Gasteiger partial charge < -0.3 is 4.57 Å². The highest BCUT2D eigenvalue weighted by atomic mass is 15.5. The van der Waals surface area contributed by atoms with E-state index in [0.717, 1.165) is 38.6 Å². The third-order valence-electron chi connectivity index (χ3n) is 7.17. The van der Waals surface area contributed by atoms with Gasteiger partial charge in [0.05, 0.1) is 22.4 Å². The fraction of sp³-hybridized carbons (Fsp3) is 0. The highest BCUT2D eigenvalue weighted by Crippen LogP contribution is 2.37. The number of aromatic nitrogens is 4. The van der Waals surface area contributed by atoms with Crippen LogP contribution in [-0.4, -0.2) is 19.6 Å². The van der Waals surface area contributed by atoms with Crippen LogP contribution in [0.1, 0.15) is 0 Å². The van der Waals surface area contributed by atoms with E-state index in [1.165, 1.54) is 27.2 Å². The van der Waals surface area contributed by atoms with Gasteiger partial charge in [0, 0.05) is 26.9 Å². The van der Waals surface area contributed by atoms with Gasteiger partial charge in [-0.3, -0.25) is 0 Å². The molecule has 0 aliphatic rings. The van der Waals surface area contributed by atoms with E-state index in [4.69, 9.17) is 10.2 Å². The molecule has 0 aliphatic heterocycles. The average molecular weight is 461 g/mol. The summed E-state index contributed by atoms with van der Waals surface area (Å²) in [5.41, 5.74) is 6.24. The van der Waals surface area contributed by atoms with Crippen molar-refractivity contribution < 1.29 is 0 Å². The zero-order valence-corrected chi connectivity index (χ0v) is 19.3. The first kappa shape index (κ1) is 19.4. The summed E-state index contributed by atoms with van der Waals surface area (Å²) in [7, 11) is 0. The number of para-hydroxylation sites is 2. The van der Waals surface area contributed by atoms with Crippen LogP contribution in [0.5, 0.6) is 0 Å². The summed E-state index contributed by atoms with van der Waals surface area (Å²) in [6.45, 7) is 0. The molecule has 0 N–H and O–H groups in total. The van der Waals surface area contributed by atoms with E-state index in [-0.39, 0.29) is 0 Å². The maximum absolute atomic E-state index is 5.01. The van der Waals surface area contributed by atoms with Crippen LogP contribution in [0.2, 0.25) is 0 Å². The minimum absolute atomic E-state index is 0.874. The summed E-state index contributed by atoms with van der Waals surface area (Å²) in [6, 6.07) is 42.6. The zero-order valence-electron chi connectivity index (χ0n) is 19.3. The molecule has 36 heavy (non-hydrogen) atoms. The summed E-state index contributed by atoms with van der Waals surface area (Å²) >= 11 is 0. The van der Waals surface area contributed by atoms with Crippen molar-refractivity contribution in [3.05, 3.63) is 121 Å². The Morgan fingerprint density at radius 2 is 1.03 bits per heavy atom. The molecule has 0 fully saturated rings. The van der Waals surface area contributed by atoms with Crippen LogP contribution in [0.4, 0.5) is 0 Å². The Kier molecular flexibility index (Phi) is 3.91. The largest absolute Gasteiger partial charge is 0.309 e. The lowest BCUT2D eigenvalue weighted by molar-refractivity contribution is 0.772. The monoisotopic (exact) mass is 460 g/mol. The van der Waals surface area contributed by atoms with Gasteiger partial charge in [0.25, 0.3) is 0 Å². The fourth-order valence-corrected chi connectivity index (χ4v) is 5.58. The highest BCUT2D eigenvalue weighted by molar-refractivity contribution is 6.13. The van der Waals surface area contributed by atoms with Gasteiger partial charge in [0.2, 0.25) is 0 Å². The molecule has 4 heteroatoms. The molecule has 0 amide bonds. The Morgan fingerprint density at radius 1 is 0.444 bits per heavy atom. The van der Waals surface area contributed by atoms with Gasteiger partial charge in [0.1, 0.15) is 11.0 Å². The molecule has 0 unspecified atom stereocenters. The van der Waals surface area contributed by atoms with Gasteiger partial charge in [-0.1, -0.05) is 97.1 Å². The van der Waals surface area contributed by atoms with Crippen molar-refractivity contribution in [3.8, 4) is 11.4 Å². The van der Waals surface area contributed by atoms with Crippen molar-refractivity contribution in [3.63, 3.8) is 0 Å². The third-order valence-corrected chi connectivity index (χ3v) is 7.17. The third kappa shape index (κ3) is 2.64. The average Bonchev–Trinajstić information content (AvgIpc) is 3.52. The van der Waals surface area contributed by atoms with Crippen LogP contribution in [0.15, 0.2) is 121 Å². The predicted molar refractivity (Wildman–Crippen MR) is 148 cm³/mol. The van der Waals surface area contributed by atoms with Crippen molar-refractivity contribution in [2.75, 3.05) is 0 Å². The molecular weight excluding hydrogens is 440 g/mol. The van der Waals surface area contributed by atoms with Gasteiger partial charge >= 0.3 is 0 Å². The zero-order chi connectivity index (χ0) is 23.6. The van der Waals surface area contributed by atoms with E-state index < -0.39 is 0 Å². The Morgan fingerprint density at radius 3 is 1.78 bits per heavy atom. The normalized spacial score (nSPS) is 11.9. The Hall–Kier alpha value is -4.96. The second-order valence-corrected chi connectivity index (χ2v) is 9.17. The second-order valence-electron chi connectivity index (χ2n) is 9.17. The van der Waals surface area contributed by atoms with Gasteiger partial charge in [-0.2, -0.15) is 0 Å². The summed E-state index contributed by atoms with van der Waals surface area (Å²) in [4.78, 5) is 1.79. The first-order valence-corrected chi connectivity index (χ1v) is 12.1. The van der Waals surface area contributed by atoms with Crippen LogP contribution in [0.25, 0.3) is 65.8 Å². The fourth-order valence-electron chi connectivity index (χ4n) is 5.58. The second kappa shape index (κ2) is 7.27. The summed E-state index contributed by atoms with van der Waals surface area (Å²) in [6.07, 6.45) is 0. The van der Waals surface area contributed by atoms with Gasteiger partial charge in [0.15, 0.2) is 0 Å². The number of nitrogens with zero attached hydrogens (tertiary/aromatic N) is 4. The minimum atomic E-state index is 0.874. The van der Waals surface area contributed by atoms with Gasteiger partial charge in [-0.15, -0.1) is 15.0 Å². The first-order chi connectivity index (χ1) is 17.9. The summed E-state index contributed by atoms with van der Waals surface area (Å²) in [5, 5.41) is 17.1. The number of hydrogen-bond acceptors (Lipinski definition) is 2. The molecule has 2 heterocycles. The Labute approximate surface area is 206 Å². The molecule has 0 saturated carbocycles. The number of rotatable bonds is 2. The quantitative estimate of drug-likeness (QED) is 0.264. The molecule has 0 radical (unpaired) electrons. The SMILES string of the molecule is c1ccc2c(-n3nc4cc(-n5c6ccccc6c6ccccc65)c5ccccc5c4n3)cccc2c1. The van der Waals surface area contributed by atoms with E-state index in [9.17, 15) is 0 Å². The smallest absolute Gasteiger partial charge is 0.121 e. The van der Waals surface area contributed by atoms with Crippen molar-refractivity contribution >= 4 is 54.4 Å². The molecule has 8 rings (SSSR count). The molecular formula is C32H20N4. The molecule has 0 atom stereocenters. The number of benzene rings is 6. The van der Waals surface area contributed by atoms with E-state index >= 15 is 0 Å². The summed E-state index contributed by atoms with van der Waals surface area (Å²) < 4.78 is 2.36. The lowest BCUT2D eigenvalue weighted by Crippen LogP contribution is -1.99. The van der Waals surface area contributed by atoms with Crippen molar-refractivity contribution in [1.82, 2.24) is 19.6 Å². The molecule has 0 bridgehead atoms. The van der Waals surface area contributed by atoms with Crippen LogP contribution in [0.3, 0.4) is 0 Å². The maximum Gasteiger partial charge on any atom is 0.121 e. The summed E-state index contributed by atoms with van der Waals surface area (Å²) in [5.74, 6) is 0. The molecule has 6 aromatic carbocycles. The first-order valence-electron chi connectivity index (χ1n) is 12.1. The van der Waals surface area contributed by atoms with Gasteiger partial charge in [-0.25, -0.2) is 0 Å². The lowest BCUT2D eigenvalue weighted by Gasteiger charge is -2.11. The van der Waals surface area contributed by atoms with Crippen molar-refractivity contribution in [1.29, 1.82) is 0 Å². The van der Waals surface area contributed by atoms with E-state index in [1.807, 2.05) is 0 Å². The van der Waals surface area contributed by atoms with Crippen LogP contribution >= 0.6 is 0 Å². The van der Waals surface area contributed by atoms with Crippen LogP contribution in [-0.2, 0) is 0 Å². The van der Waals surface area contributed by atoms with E-state index in [1.54, 1.807) is 4.80 Å². The van der Waals surface area contributed by atoms with E-state index in [0.29, 0.717) is 0 Å². The molecule has 2 aromatic heterocycles.